The summed E-state index contributed by atoms with van der Waals surface area (Å²) in [7, 11) is 1.58. The number of amides is 1. The fourth-order valence-electron chi connectivity index (χ4n) is 2.63. The van der Waals surface area contributed by atoms with Crippen molar-refractivity contribution in [3.05, 3.63) is 89.3 Å². The first kappa shape index (κ1) is 18.1. The van der Waals surface area contributed by atoms with Crippen molar-refractivity contribution in [2.45, 2.75) is 6.42 Å². The van der Waals surface area contributed by atoms with E-state index in [2.05, 4.69) is 10.6 Å². The highest BCUT2D eigenvalue weighted by molar-refractivity contribution is 5.92. The predicted molar refractivity (Wildman–Crippen MR) is 106 cm³/mol. The minimum Gasteiger partial charge on any atom is -0.497 e. The molecule has 0 radical (unpaired) electrons. The highest BCUT2D eigenvalue weighted by Gasteiger charge is 2.11. The average molecular weight is 361 g/mol. The number of carbonyl (C=O) groups is 1. The minimum atomic E-state index is -0.102. The molecule has 6 heteroatoms. The van der Waals surface area contributed by atoms with Crippen LogP contribution in [0.3, 0.4) is 0 Å². The maximum atomic E-state index is 12.1. The van der Waals surface area contributed by atoms with Crippen LogP contribution in [0.1, 0.15) is 5.56 Å². The quantitative estimate of drug-likeness (QED) is 0.489. The Morgan fingerprint density at radius 1 is 0.926 bits per heavy atom. The second kappa shape index (κ2) is 8.62. The van der Waals surface area contributed by atoms with E-state index in [4.69, 9.17) is 4.74 Å². The molecule has 0 heterocycles. The van der Waals surface area contributed by atoms with Crippen LogP contribution in [0.25, 0.3) is 0 Å². The number of benzene rings is 3. The molecule has 0 aliphatic rings. The molecule has 0 aliphatic heterocycles. The lowest BCUT2D eigenvalue weighted by molar-refractivity contribution is -0.115. The monoisotopic (exact) mass is 361 g/mol. The molecule has 0 aromatic heterocycles. The number of rotatable bonds is 7. The number of carbonyl (C=O) groups excluding carboxylic acids is 1. The number of nitrogens with one attached hydrogen (secondary N) is 1. The molecule has 1 N–H and O–H groups in total. The van der Waals surface area contributed by atoms with Gasteiger partial charge in [0.2, 0.25) is 5.91 Å². The van der Waals surface area contributed by atoms with Gasteiger partial charge in [-0.05, 0) is 54.1 Å². The summed E-state index contributed by atoms with van der Waals surface area (Å²) in [5.74, 6) is 0.596. The van der Waals surface area contributed by atoms with Crippen LogP contribution in [0.5, 0.6) is 5.75 Å². The van der Waals surface area contributed by atoms with E-state index in [0.29, 0.717) is 17.1 Å². The lowest BCUT2D eigenvalue weighted by Gasteiger charge is -2.16. The van der Waals surface area contributed by atoms with Gasteiger partial charge in [-0.25, -0.2) is 0 Å². The minimum absolute atomic E-state index is 0.102. The van der Waals surface area contributed by atoms with Crippen molar-refractivity contribution >= 4 is 23.0 Å². The second-order valence-electron chi connectivity index (χ2n) is 5.85. The number of nitroso groups, excluding NO2 is 1. The Morgan fingerprint density at radius 2 is 1.52 bits per heavy atom. The summed E-state index contributed by atoms with van der Waals surface area (Å²) < 4.78 is 5.12. The Morgan fingerprint density at radius 3 is 2.07 bits per heavy atom. The third kappa shape index (κ3) is 4.70. The summed E-state index contributed by atoms with van der Waals surface area (Å²) in [5, 5.41) is 7.22. The number of methoxy groups -OCH3 is 1. The molecule has 136 valence electrons. The van der Waals surface area contributed by atoms with Crippen molar-refractivity contribution in [2.75, 3.05) is 17.4 Å². The van der Waals surface area contributed by atoms with Gasteiger partial charge in [-0.2, -0.15) is 5.01 Å². The van der Waals surface area contributed by atoms with Crippen molar-refractivity contribution in [3.63, 3.8) is 0 Å². The topological polar surface area (TPSA) is 71.0 Å². The molecule has 0 fully saturated rings. The number of nitrogens with zero attached hydrogens (tertiary/aromatic N) is 2. The number of hydrogen-bond acceptors (Lipinski definition) is 4. The van der Waals surface area contributed by atoms with Crippen LogP contribution in [0.4, 0.5) is 17.1 Å². The molecular weight excluding hydrogens is 342 g/mol. The summed E-state index contributed by atoms with van der Waals surface area (Å²) in [6.07, 6.45) is 0.242. The molecule has 0 saturated heterocycles. The molecule has 0 bridgehead atoms. The van der Waals surface area contributed by atoms with E-state index in [0.717, 1.165) is 11.3 Å². The first-order valence-electron chi connectivity index (χ1n) is 8.41. The van der Waals surface area contributed by atoms with Crippen molar-refractivity contribution in [1.82, 2.24) is 0 Å². The third-order valence-corrected chi connectivity index (χ3v) is 4.00. The van der Waals surface area contributed by atoms with Crippen molar-refractivity contribution in [3.8, 4) is 5.75 Å². The van der Waals surface area contributed by atoms with Crippen molar-refractivity contribution in [1.29, 1.82) is 0 Å². The van der Waals surface area contributed by atoms with Crippen molar-refractivity contribution in [2.24, 2.45) is 5.29 Å². The average Bonchev–Trinajstić information content (AvgIpc) is 2.71. The maximum Gasteiger partial charge on any atom is 0.228 e. The van der Waals surface area contributed by atoms with E-state index in [1.165, 1.54) is 5.01 Å². The SMILES string of the molecule is COc1ccc(N(N=O)c2ccc(CC(=O)Nc3ccccc3)cc2)cc1. The third-order valence-electron chi connectivity index (χ3n) is 4.00. The van der Waals surface area contributed by atoms with Gasteiger partial charge in [-0.1, -0.05) is 30.3 Å². The fourth-order valence-corrected chi connectivity index (χ4v) is 2.63. The van der Waals surface area contributed by atoms with E-state index < -0.39 is 0 Å². The van der Waals surface area contributed by atoms with Gasteiger partial charge in [-0.15, -0.1) is 4.91 Å². The van der Waals surface area contributed by atoms with Gasteiger partial charge in [0, 0.05) is 5.69 Å². The first-order valence-corrected chi connectivity index (χ1v) is 8.41. The molecule has 6 nitrogen and oxygen atoms in total. The normalized spacial score (nSPS) is 10.1. The van der Waals surface area contributed by atoms with Crippen LogP contribution in [0.2, 0.25) is 0 Å². The van der Waals surface area contributed by atoms with Gasteiger partial charge in [0.1, 0.15) is 5.75 Å². The van der Waals surface area contributed by atoms with Gasteiger partial charge in [0.25, 0.3) is 0 Å². The van der Waals surface area contributed by atoms with Crippen LogP contribution < -0.4 is 15.1 Å². The van der Waals surface area contributed by atoms with Gasteiger partial charge in [-0.3, -0.25) is 4.79 Å². The molecule has 3 rings (SSSR count). The van der Waals surface area contributed by atoms with Crippen LogP contribution in [-0.4, -0.2) is 13.0 Å². The molecule has 3 aromatic carbocycles. The molecule has 0 spiro atoms. The number of ether oxygens (including phenoxy) is 1. The predicted octanol–water partition coefficient (Wildman–Crippen LogP) is 4.70. The number of para-hydroxylation sites is 1. The van der Waals surface area contributed by atoms with E-state index in [1.807, 2.05) is 42.5 Å². The largest absolute Gasteiger partial charge is 0.497 e. The summed E-state index contributed by atoms with van der Waals surface area (Å²) in [6, 6.07) is 23.5. The molecule has 1 amide bonds. The number of anilines is 3. The van der Waals surface area contributed by atoms with Crippen LogP contribution in [0.15, 0.2) is 84.1 Å². The summed E-state index contributed by atoms with van der Waals surface area (Å²) in [5.41, 5.74) is 2.84. The van der Waals surface area contributed by atoms with E-state index in [9.17, 15) is 9.70 Å². The molecule has 0 saturated carbocycles. The Balaban J connectivity index is 1.67. The maximum absolute atomic E-state index is 12.1. The van der Waals surface area contributed by atoms with Crippen molar-refractivity contribution < 1.29 is 9.53 Å². The van der Waals surface area contributed by atoms with Gasteiger partial charge >= 0.3 is 0 Å². The molecule has 0 unspecified atom stereocenters. The molecule has 3 aromatic rings. The fraction of sp³-hybridized carbons (Fsp3) is 0.0952. The van der Waals surface area contributed by atoms with Gasteiger partial charge < -0.3 is 10.1 Å². The van der Waals surface area contributed by atoms with Gasteiger partial charge in [0.05, 0.1) is 30.2 Å². The van der Waals surface area contributed by atoms with E-state index >= 15 is 0 Å². The zero-order valence-corrected chi connectivity index (χ0v) is 14.8. The van der Waals surface area contributed by atoms with Gasteiger partial charge in [0.15, 0.2) is 0 Å². The van der Waals surface area contributed by atoms with Crippen LogP contribution in [-0.2, 0) is 11.2 Å². The zero-order valence-electron chi connectivity index (χ0n) is 14.8. The standard InChI is InChI=1S/C21H19N3O3/c1-27-20-13-11-19(12-14-20)24(23-26)18-9-7-16(8-10-18)15-21(25)22-17-5-3-2-4-6-17/h2-14H,15H2,1H3,(H,22,25). The first-order chi connectivity index (χ1) is 13.2. The highest BCUT2D eigenvalue weighted by Crippen LogP contribution is 2.27. The van der Waals surface area contributed by atoms with E-state index in [1.54, 1.807) is 43.5 Å². The molecule has 27 heavy (non-hydrogen) atoms. The van der Waals surface area contributed by atoms with Crippen LogP contribution >= 0.6 is 0 Å². The Bertz CT molecular complexity index is 894. The number of hydrogen-bond donors (Lipinski definition) is 1. The summed E-state index contributed by atoms with van der Waals surface area (Å²) in [6.45, 7) is 0. The molecule has 0 atom stereocenters. The molecular formula is C21H19N3O3. The smallest absolute Gasteiger partial charge is 0.228 e. The lowest BCUT2D eigenvalue weighted by Crippen LogP contribution is -2.14. The lowest BCUT2D eigenvalue weighted by atomic mass is 10.1. The zero-order chi connectivity index (χ0) is 19.1. The Labute approximate surface area is 157 Å². The Kier molecular flexibility index (Phi) is 5.79. The van der Waals surface area contributed by atoms with Crippen LogP contribution in [0, 0.1) is 4.91 Å². The Hall–Kier alpha value is -3.67. The molecule has 0 aliphatic carbocycles. The highest BCUT2D eigenvalue weighted by atomic mass is 16.5. The second-order valence-corrected chi connectivity index (χ2v) is 5.85. The van der Waals surface area contributed by atoms with E-state index in [-0.39, 0.29) is 12.3 Å². The summed E-state index contributed by atoms with van der Waals surface area (Å²) in [4.78, 5) is 23.4. The summed E-state index contributed by atoms with van der Waals surface area (Å²) >= 11 is 0.